The van der Waals surface area contributed by atoms with Crippen molar-refractivity contribution in [2.24, 2.45) is 0 Å². The molecule has 2 aromatic heterocycles. The molecule has 0 spiro atoms. The van der Waals surface area contributed by atoms with Gasteiger partial charge in [-0.1, -0.05) is 161 Å². The molecule has 10 rings (SSSR count). The van der Waals surface area contributed by atoms with Crippen LogP contribution in [0.25, 0.3) is 49.9 Å². The first-order valence-electron chi connectivity index (χ1n) is 22.6. The second-order valence-corrected chi connectivity index (χ2v) is 17.9. The van der Waals surface area contributed by atoms with Crippen molar-refractivity contribution in [3.8, 4) is 39.6 Å². The number of pyridine rings is 1. The van der Waals surface area contributed by atoms with Crippen LogP contribution in [0.2, 0.25) is 0 Å². The van der Waals surface area contributed by atoms with E-state index in [9.17, 15) is 0 Å². The monoisotopic (exact) mass is 1000 g/mol. The molecule has 0 aliphatic carbocycles. The SMILES string of the molecule is [2H]C([2H])([2H])c1cccc2c1[N+](c1c(-c3ccccc3)cccc1-c1ccccc1)=C=[N+]2c1[c-]c(Oc2[c-]c3c(cc2)c2ccccc2n3-c2cc(C(C)(C)C)ccn2)cc(C(C)(C)C)c1.[Pt+2]. The molecule has 0 fully saturated rings. The van der Waals surface area contributed by atoms with Gasteiger partial charge in [-0.05, 0) is 74.7 Å². The van der Waals surface area contributed by atoms with Crippen LogP contribution in [0.4, 0.5) is 22.7 Å². The van der Waals surface area contributed by atoms with Gasteiger partial charge in [-0.25, -0.2) is 4.98 Å². The van der Waals surface area contributed by atoms with Crippen LogP contribution in [0.1, 0.15) is 62.3 Å². The first-order chi connectivity index (χ1) is 31.1. The van der Waals surface area contributed by atoms with E-state index in [1.54, 1.807) is 12.1 Å². The number of fused-ring (bicyclic) bond motifs is 4. The summed E-state index contributed by atoms with van der Waals surface area (Å²) in [5, 5.41) is 2.14. The van der Waals surface area contributed by atoms with Crippen molar-refractivity contribution in [2.45, 2.75) is 59.2 Å². The number of aromatic nitrogens is 2. The second-order valence-electron chi connectivity index (χ2n) is 17.9. The minimum Gasteiger partial charge on any atom is -0.509 e. The van der Waals surface area contributed by atoms with Gasteiger partial charge in [0.25, 0.3) is 5.69 Å². The zero-order chi connectivity index (χ0) is 45.3. The van der Waals surface area contributed by atoms with Crippen molar-refractivity contribution in [2.75, 3.05) is 0 Å². The van der Waals surface area contributed by atoms with Crippen LogP contribution in [-0.4, -0.2) is 15.6 Å². The maximum Gasteiger partial charge on any atom is 2.00 e. The van der Waals surface area contributed by atoms with Gasteiger partial charge in [-0.3, -0.25) is 0 Å². The van der Waals surface area contributed by atoms with E-state index >= 15 is 0 Å². The Balaban J connectivity index is 0.00000548. The quantitative estimate of drug-likeness (QED) is 0.118. The number of rotatable bonds is 7. The first-order valence-corrected chi connectivity index (χ1v) is 21.1. The molecule has 0 amide bonds. The predicted molar refractivity (Wildman–Crippen MR) is 257 cm³/mol. The Kier molecular flexibility index (Phi) is 9.81. The topological polar surface area (TPSA) is 33.1 Å². The average molecular weight is 1000 g/mol. The van der Waals surface area contributed by atoms with Gasteiger partial charge in [-0.2, -0.15) is 6.07 Å². The minimum atomic E-state index is -2.43. The molecule has 310 valence electrons. The molecule has 6 heteroatoms. The second kappa shape index (κ2) is 16.2. The van der Waals surface area contributed by atoms with Crippen LogP contribution in [0.5, 0.6) is 11.5 Å². The van der Waals surface area contributed by atoms with Crippen molar-refractivity contribution in [1.82, 2.24) is 18.7 Å². The van der Waals surface area contributed by atoms with E-state index in [4.69, 9.17) is 13.8 Å². The number of aryl methyl sites for hydroxylation is 1. The van der Waals surface area contributed by atoms with E-state index in [0.29, 0.717) is 28.6 Å². The summed E-state index contributed by atoms with van der Waals surface area (Å²) in [6.07, 6.45) is 1.88. The third kappa shape index (κ3) is 7.67. The molecular formula is C57H48N4OPt+2. The van der Waals surface area contributed by atoms with Crippen molar-refractivity contribution >= 4 is 50.6 Å². The van der Waals surface area contributed by atoms with Crippen molar-refractivity contribution in [3.05, 3.63) is 193 Å². The van der Waals surface area contributed by atoms with Gasteiger partial charge in [-0.15, -0.1) is 29.1 Å². The largest absolute Gasteiger partial charge is 2.00 e. The minimum absolute atomic E-state index is 0. The fourth-order valence-electron chi connectivity index (χ4n) is 8.42. The summed E-state index contributed by atoms with van der Waals surface area (Å²) in [6.45, 7) is 10.7. The first kappa shape index (κ1) is 38.1. The predicted octanol–water partition coefficient (Wildman–Crippen LogP) is 14.7. The molecule has 0 radical (unpaired) electrons. The maximum atomic E-state index is 8.80. The number of hydrogen-bond donors (Lipinski definition) is 0. The zero-order valence-electron chi connectivity index (χ0n) is 39.1. The summed E-state index contributed by atoms with van der Waals surface area (Å²) in [5.74, 6) is 1.82. The van der Waals surface area contributed by atoms with Gasteiger partial charge in [0.15, 0.2) is 0 Å². The Labute approximate surface area is 388 Å². The summed E-state index contributed by atoms with van der Waals surface area (Å²) in [6, 6.07) is 63.7. The van der Waals surface area contributed by atoms with Gasteiger partial charge >= 0.3 is 32.8 Å². The normalized spacial score (nSPS) is 13.4. The maximum absolute atomic E-state index is 8.80. The molecule has 1 aliphatic rings. The van der Waals surface area contributed by atoms with Gasteiger partial charge in [0.2, 0.25) is 5.69 Å². The van der Waals surface area contributed by atoms with Gasteiger partial charge in [0.1, 0.15) is 11.5 Å². The molecule has 0 N–H and O–H groups in total. The number of nitrogens with zero attached hydrogens (tertiary/aromatic N) is 4. The Morgan fingerprint density at radius 2 is 1.27 bits per heavy atom. The van der Waals surface area contributed by atoms with E-state index in [-0.39, 0.29) is 37.5 Å². The molecule has 5 nitrogen and oxygen atoms in total. The van der Waals surface area contributed by atoms with E-state index in [2.05, 4.69) is 149 Å². The molecule has 0 saturated heterocycles. The Hall–Kier alpha value is -6.64. The van der Waals surface area contributed by atoms with Crippen molar-refractivity contribution in [1.29, 1.82) is 0 Å². The summed E-state index contributed by atoms with van der Waals surface area (Å²) in [5.41, 5.74) is 10.4. The van der Waals surface area contributed by atoms with Crippen LogP contribution in [0.3, 0.4) is 0 Å². The number of hydrogen-bond acceptors (Lipinski definition) is 2. The third-order valence-corrected chi connectivity index (χ3v) is 11.7. The number of benzene rings is 7. The van der Waals surface area contributed by atoms with Crippen LogP contribution in [0, 0.1) is 19.0 Å². The van der Waals surface area contributed by atoms with E-state index in [0.717, 1.165) is 61.1 Å². The van der Waals surface area contributed by atoms with Crippen LogP contribution in [0.15, 0.2) is 164 Å². The number of ether oxygens (including phenoxy) is 1. The zero-order valence-corrected chi connectivity index (χ0v) is 38.4. The molecular weight excluding hydrogens is 952 g/mol. The van der Waals surface area contributed by atoms with E-state index < -0.39 is 6.85 Å². The molecule has 1 aliphatic heterocycles. The average Bonchev–Trinajstić information content (AvgIpc) is 3.84. The third-order valence-electron chi connectivity index (χ3n) is 11.7. The van der Waals surface area contributed by atoms with Gasteiger partial charge in [0, 0.05) is 39.0 Å². The molecule has 3 heterocycles. The van der Waals surface area contributed by atoms with Gasteiger partial charge < -0.3 is 9.30 Å². The van der Waals surface area contributed by atoms with Crippen LogP contribution < -0.4 is 13.9 Å². The van der Waals surface area contributed by atoms with Crippen LogP contribution >= 0.6 is 0 Å². The van der Waals surface area contributed by atoms with Crippen LogP contribution in [-0.2, 0) is 31.9 Å². The summed E-state index contributed by atoms with van der Waals surface area (Å²) < 4.78 is 39.2. The van der Waals surface area contributed by atoms with Gasteiger partial charge in [0.05, 0.1) is 11.1 Å². The Morgan fingerprint density at radius 3 is 1.95 bits per heavy atom. The fraction of sp³-hybridized carbons (Fsp3) is 0.158. The van der Waals surface area contributed by atoms with E-state index in [1.165, 1.54) is 5.56 Å². The van der Waals surface area contributed by atoms with Crippen molar-refractivity contribution < 1.29 is 29.9 Å². The standard InChI is InChI=1S/C57H48N4O.Pt/c1-38-18-16-27-51-54(38)60(55-46(39-19-10-8-11-20-39)24-17-25-47(55)40-21-12-9-13-22-40)37-59(51)43-32-42(57(5,6)7)33-45(35-43)62-44-28-29-49-48-23-14-15-26-50(48)61(52(49)36-44)53-34-41(30-31-58-53)56(2,3)4;/h8-34H,1-7H3;/q;+2/i1D3;. The fourth-order valence-corrected chi connectivity index (χ4v) is 8.42. The molecule has 0 atom stereocenters. The molecule has 0 saturated carbocycles. The van der Waals surface area contributed by atoms with Crippen molar-refractivity contribution in [3.63, 3.8) is 0 Å². The molecule has 0 bridgehead atoms. The summed E-state index contributed by atoms with van der Waals surface area (Å²) >= 11 is 0. The smallest absolute Gasteiger partial charge is 0.509 e. The molecule has 9 aromatic rings. The Bertz CT molecular complexity index is 3330. The van der Waals surface area contributed by atoms with E-state index in [1.807, 2.05) is 76.0 Å². The Morgan fingerprint density at radius 1 is 0.603 bits per heavy atom. The summed E-state index contributed by atoms with van der Waals surface area (Å²) in [4.78, 5) is 4.86. The number of para-hydroxylation sites is 3. The molecule has 7 aromatic carbocycles. The molecule has 0 unspecified atom stereocenters. The molecule has 63 heavy (non-hydrogen) atoms. The summed E-state index contributed by atoms with van der Waals surface area (Å²) in [7, 11) is 0.